The second-order valence-corrected chi connectivity index (χ2v) is 6.22. The average Bonchev–Trinajstić information content (AvgIpc) is 2.58. The number of carbonyl (C=O) groups is 1. The van der Waals surface area contributed by atoms with E-state index in [1.165, 1.54) is 0 Å². The number of nitrogens with one attached hydrogen (secondary N) is 1. The highest BCUT2D eigenvalue weighted by molar-refractivity contribution is 6.30. The van der Waals surface area contributed by atoms with E-state index in [9.17, 15) is 4.79 Å². The van der Waals surface area contributed by atoms with Crippen molar-refractivity contribution in [2.24, 2.45) is 5.92 Å². The molecule has 0 aliphatic rings. The minimum atomic E-state index is -0.186. The van der Waals surface area contributed by atoms with Gasteiger partial charge in [-0.05, 0) is 35.7 Å². The van der Waals surface area contributed by atoms with Crippen LogP contribution in [0.1, 0.15) is 25.5 Å². The van der Waals surface area contributed by atoms with Gasteiger partial charge >= 0.3 is 0 Å². The molecule has 0 aliphatic heterocycles. The van der Waals surface area contributed by atoms with Gasteiger partial charge in [0.05, 0.1) is 13.2 Å². The summed E-state index contributed by atoms with van der Waals surface area (Å²) in [6, 6.07) is 14.6. The second kappa shape index (κ2) is 8.60. The van der Waals surface area contributed by atoms with Crippen molar-refractivity contribution in [3.05, 3.63) is 59.1 Å². The molecule has 1 atom stereocenters. The van der Waals surface area contributed by atoms with E-state index in [0.717, 1.165) is 5.56 Å². The molecule has 0 fully saturated rings. The number of rotatable bonds is 7. The van der Waals surface area contributed by atoms with Crippen LogP contribution in [0.5, 0.6) is 11.5 Å². The van der Waals surface area contributed by atoms with Gasteiger partial charge in [-0.25, -0.2) is 0 Å². The lowest BCUT2D eigenvalue weighted by Gasteiger charge is -2.23. The number of benzene rings is 2. The zero-order valence-corrected chi connectivity index (χ0v) is 14.8. The van der Waals surface area contributed by atoms with Crippen LogP contribution in [0, 0.1) is 5.92 Å². The van der Waals surface area contributed by atoms with Gasteiger partial charge in [0.1, 0.15) is 0 Å². The first-order chi connectivity index (χ1) is 11.5. The fraction of sp³-hybridized carbons (Fsp3) is 0.316. The molecule has 0 saturated heterocycles. The number of hydrogen-bond donors (Lipinski definition) is 1. The van der Waals surface area contributed by atoms with E-state index in [0.29, 0.717) is 16.5 Å². The van der Waals surface area contributed by atoms with Crippen LogP contribution < -0.4 is 14.8 Å². The van der Waals surface area contributed by atoms with E-state index in [4.69, 9.17) is 21.1 Å². The first kappa shape index (κ1) is 18.1. The van der Waals surface area contributed by atoms with Crippen LogP contribution in [0.2, 0.25) is 5.02 Å². The fourth-order valence-corrected chi connectivity index (χ4v) is 2.53. The summed E-state index contributed by atoms with van der Waals surface area (Å²) in [5.74, 6) is 1.20. The number of halogens is 1. The van der Waals surface area contributed by atoms with Crippen molar-refractivity contribution in [2.45, 2.75) is 19.9 Å². The number of amides is 1. The van der Waals surface area contributed by atoms with Gasteiger partial charge < -0.3 is 14.8 Å². The zero-order valence-electron chi connectivity index (χ0n) is 14.1. The molecule has 4 nitrogen and oxygen atoms in total. The molecule has 24 heavy (non-hydrogen) atoms. The van der Waals surface area contributed by atoms with E-state index >= 15 is 0 Å². The molecule has 0 radical (unpaired) electrons. The summed E-state index contributed by atoms with van der Waals surface area (Å²) in [6.45, 7) is 4.04. The van der Waals surface area contributed by atoms with Gasteiger partial charge in [-0.15, -0.1) is 0 Å². The standard InChI is InChI=1S/C19H22ClNO3/c1-13(2)19(14-8-10-15(20)11-9-14)21-18(22)12-24-17-7-5-4-6-16(17)23-3/h4-11,13,19H,12H2,1-3H3,(H,21,22). The molecule has 0 saturated carbocycles. The van der Waals surface area contributed by atoms with Crippen LogP contribution in [-0.2, 0) is 4.79 Å². The molecule has 0 bridgehead atoms. The summed E-state index contributed by atoms with van der Waals surface area (Å²) in [4.78, 5) is 12.3. The highest BCUT2D eigenvalue weighted by Crippen LogP contribution is 2.26. The average molecular weight is 348 g/mol. The van der Waals surface area contributed by atoms with Gasteiger partial charge in [0.25, 0.3) is 5.91 Å². The third-order valence-corrected chi connectivity index (χ3v) is 3.89. The van der Waals surface area contributed by atoms with Gasteiger partial charge in [-0.2, -0.15) is 0 Å². The Morgan fingerprint density at radius 3 is 2.29 bits per heavy atom. The molecule has 2 aromatic rings. The maximum absolute atomic E-state index is 12.3. The van der Waals surface area contributed by atoms with Gasteiger partial charge in [0, 0.05) is 5.02 Å². The van der Waals surface area contributed by atoms with E-state index < -0.39 is 0 Å². The molecule has 0 aromatic heterocycles. The first-order valence-corrected chi connectivity index (χ1v) is 8.19. The Morgan fingerprint density at radius 2 is 1.71 bits per heavy atom. The van der Waals surface area contributed by atoms with Crippen molar-refractivity contribution >= 4 is 17.5 Å². The SMILES string of the molecule is COc1ccccc1OCC(=O)NC(c1ccc(Cl)cc1)C(C)C. The van der Waals surface area contributed by atoms with Crippen LogP contribution in [-0.4, -0.2) is 19.6 Å². The van der Waals surface area contributed by atoms with Crippen LogP contribution >= 0.6 is 11.6 Å². The lowest BCUT2D eigenvalue weighted by Crippen LogP contribution is -2.35. The summed E-state index contributed by atoms with van der Waals surface area (Å²) in [5, 5.41) is 3.69. The van der Waals surface area contributed by atoms with Gasteiger partial charge in [0.15, 0.2) is 18.1 Å². The summed E-state index contributed by atoms with van der Waals surface area (Å²) < 4.78 is 10.8. The first-order valence-electron chi connectivity index (χ1n) is 7.82. The predicted molar refractivity (Wildman–Crippen MR) is 95.7 cm³/mol. The monoisotopic (exact) mass is 347 g/mol. The largest absolute Gasteiger partial charge is 0.493 e. The third kappa shape index (κ3) is 4.90. The number of ether oxygens (including phenoxy) is 2. The summed E-state index contributed by atoms with van der Waals surface area (Å²) in [7, 11) is 1.57. The molecule has 128 valence electrons. The molecule has 0 spiro atoms. The molecule has 0 heterocycles. The van der Waals surface area contributed by atoms with Crippen molar-refractivity contribution in [1.82, 2.24) is 5.32 Å². The maximum Gasteiger partial charge on any atom is 0.258 e. The van der Waals surface area contributed by atoms with Crippen LogP contribution in [0.25, 0.3) is 0 Å². The van der Waals surface area contributed by atoms with Gasteiger partial charge in [-0.3, -0.25) is 4.79 Å². The zero-order chi connectivity index (χ0) is 17.5. The van der Waals surface area contributed by atoms with Gasteiger partial charge in [-0.1, -0.05) is 49.7 Å². The maximum atomic E-state index is 12.3. The summed E-state index contributed by atoms with van der Waals surface area (Å²) in [6.07, 6.45) is 0. The van der Waals surface area contributed by atoms with Crippen molar-refractivity contribution in [1.29, 1.82) is 0 Å². The summed E-state index contributed by atoms with van der Waals surface area (Å²) >= 11 is 5.93. The minimum Gasteiger partial charge on any atom is -0.493 e. The van der Waals surface area contributed by atoms with Crippen LogP contribution in [0.4, 0.5) is 0 Å². The Hall–Kier alpha value is -2.20. The Labute approximate surface area is 147 Å². The van der Waals surface area contributed by atoms with Crippen molar-refractivity contribution in [3.63, 3.8) is 0 Å². The van der Waals surface area contributed by atoms with E-state index in [1.807, 2.05) is 36.4 Å². The minimum absolute atomic E-state index is 0.0722. The quantitative estimate of drug-likeness (QED) is 0.814. The molecule has 1 unspecified atom stereocenters. The number of carbonyl (C=O) groups excluding carboxylic acids is 1. The predicted octanol–water partition coefficient (Wildman–Crippen LogP) is 4.24. The number of hydrogen-bond acceptors (Lipinski definition) is 3. The normalized spacial score (nSPS) is 11.9. The van der Waals surface area contributed by atoms with Crippen molar-refractivity contribution < 1.29 is 14.3 Å². The van der Waals surface area contributed by atoms with Crippen molar-refractivity contribution in [2.75, 3.05) is 13.7 Å². The highest BCUT2D eigenvalue weighted by Gasteiger charge is 2.19. The van der Waals surface area contributed by atoms with Crippen molar-refractivity contribution in [3.8, 4) is 11.5 Å². The fourth-order valence-electron chi connectivity index (χ4n) is 2.40. The highest BCUT2D eigenvalue weighted by atomic mass is 35.5. The van der Waals surface area contributed by atoms with E-state index in [1.54, 1.807) is 19.2 Å². The van der Waals surface area contributed by atoms with E-state index in [2.05, 4.69) is 19.2 Å². The van der Waals surface area contributed by atoms with Gasteiger partial charge in [0.2, 0.25) is 0 Å². The summed E-state index contributed by atoms with van der Waals surface area (Å²) in [5.41, 5.74) is 1.01. The second-order valence-electron chi connectivity index (χ2n) is 5.78. The Bertz CT molecular complexity index is 671. The molecule has 0 aliphatic carbocycles. The molecule has 2 rings (SSSR count). The third-order valence-electron chi connectivity index (χ3n) is 3.64. The molecule has 1 amide bonds. The Morgan fingerprint density at radius 1 is 1.08 bits per heavy atom. The molecular formula is C19H22ClNO3. The lowest BCUT2D eigenvalue weighted by molar-refractivity contribution is -0.124. The lowest BCUT2D eigenvalue weighted by atomic mass is 9.96. The Kier molecular flexibility index (Phi) is 6.50. The van der Waals surface area contributed by atoms with E-state index in [-0.39, 0.29) is 24.5 Å². The van der Waals surface area contributed by atoms with Crippen LogP contribution in [0.15, 0.2) is 48.5 Å². The number of para-hydroxylation sites is 2. The Balaban J connectivity index is 1.99. The molecule has 5 heteroatoms. The molecular weight excluding hydrogens is 326 g/mol. The van der Waals surface area contributed by atoms with Crippen LogP contribution in [0.3, 0.4) is 0 Å². The smallest absolute Gasteiger partial charge is 0.258 e. The molecule has 1 N–H and O–H groups in total. The topological polar surface area (TPSA) is 47.6 Å². The number of methoxy groups -OCH3 is 1. The molecule has 2 aromatic carbocycles.